The molecule has 0 spiro atoms. The lowest BCUT2D eigenvalue weighted by molar-refractivity contribution is 0.0777. The summed E-state index contributed by atoms with van der Waals surface area (Å²) in [5.41, 5.74) is 0. The van der Waals surface area contributed by atoms with Crippen LogP contribution in [0.5, 0.6) is 5.75 Å². The summed E-state index contributed by atoms with van der Waals surface area (Å²) in [5, 5.41) is 0. The Balaban J connectivity index is 1.85. The molecule has 0 N–H and O–H groups in total. The third-order valence-corrected chi connectivity index (χ3v) is 3.81. The standard InChI is InChI=1S/C15H16FNO2S/c1-11-7-8-14(20-11)15(18)17(2)9-10-19-13-6-4-3-5-12(13)16/h3-8H,9-10H2,1-2H3. The monoisotopic (exact) mass is 293 g/mol. The first kappa shape index (κ1) is 14.5. The Morgan fingerprint density at radius 2 is 2.05 bits per heavy atom. The van der Waals surface area contributed by atoms with Crippen molar-refractivity contribution in [2.75, 3.05) is 20.2 Å². The molecule has 0 unspecified atom stereocenters. The number of rotatable bonds is 5. The Hall–Kier alpha value is -1.88. The van der Waals surface area contributed by atoms with Gasteiger partial charge in [-0.15, -0.1) is 11.3 Å². The highest BCUT2D eigenvalue weighted by molar-refractivity contribution is 7.13. The predicted octanol–water partition coefficient (Wildman–Crippen LogP) is 3.35. The van der Waals surface area contributed by atoms with Crippen molar-refractivity contribution in [2.24, 2.45) is 0 Å². The minimum atomic E-state index is -0.393. The van der Waals surface area contributed by atoms with Gasteiger partial charge in [0, 0.05) is 11.9 Å². The number of aryl methyl sites for hydroxylation is 1. The number of para-hydroxylation sites is 1. The number of amides is 1. The van der Waals surface area contributed by atoms with E-state index < -0.39 is 5.82 Å². The van der Waals surface area contributed by atoms with Gasteiger partial charge < -0.3 is 9.64 Å². The molecule has 5 heteroatoms. The predicted molar refractivity (Wildman–Crippen MR) is 77.9 cm³/mol. The van der Waals surface area contributed by atoms with Crippen LogP contribution >= 0.6 is 11.3 Å². The molecule has 0 aliphatic rings. The number of carbonyl (C=O) groups excluding carboxylic acids is 1. The van der Waals surface area contributed by atoms with Gasteiger partial charge in [-0.05, 0) is 31.2 Å². The molecule has 1 aromatic carbocycles. The van der Waals surface area contributed by atoms with Crippen molar-refractivity contribution in [3.8, 4) is 5.75 Å². The van der Waals surface area contributed by atoms with E-state index in [0.29, 0.717) is 11.4 Å². The van der Waals surface area contributed by atoms with Crippen molar-refractivity contribution in [3.05, 3.63) is 52.0 Å². The molecular weight excluding hydrogens is 277 g/mol. The molecule has 0 saturated carbocycles. The first-order valence-corrected chi connectivity index (χ1v) is 7.09. The van der Waals surface area contributed by atoms with E-state index in [0.717, 1.165) is 4.88 Å². The lowest BCUT2D eigenvalue weighted by atomic mass is 10.3. The Labute approximate surface area is 121 Å². The Morgan fingerprint density at radius 3 is 2.70 bits per heavy atom. The van der Waals surface area contributed by atoms with Gasteiger partial charge in [0.2, 0.25) is 0 Å². The van der Waals surface area contributed by atoms with Gasteiger partial charge >= 0.3 is 0 Å². The maximum Gasteiger partial charge on any atom is 0.263 e. The van der Waals surface area contributed by atoms with Crippen LogP contribution in [0.2, 0.25) is 0 Å². The van der Waals surface area contributed by atoms with E-state index in [1.165, 1.54) is 17.4 Å². The van der Waals surface area contributed by atoms with Crippen LogP contribution in [0.3, 0.4) is 0 Å². The normalized spacial score (nSPS) is 10.3. The first-order valence-electron chi connectivity index (χ1n) is 6.27. The summed E-state index contributed by atoms with van der Waals surface area (Å²) in [7, 11) is 1.71. The second-order valence-electron chi connectivity index (χ2n) is 4.42. The molecule has 0 atom stereocenters. The molecule has 1 amide bonds. The van der Waals surface area contributed by atoms with Crippen LogP contribution in [-0.4, -0.2) is 31.0 Å². The molecule has 2 rings (SSSR count). The molecule has 2 aromatic rings. The van der Waals surface area contributed by atoms with Crippen LogP contribution in [0.15, 0.2) is 36.4 Å². The van der Waals surface area contributed by atoms with Crippen LogP contribution in [0.25, 0.3) is 0 Å². The highest BCUT2D eigenvalue weighted by Crippen LogP contribution is 2.17. The second-order valence-corrected chi connectivity index (χ2v) is 5.70. The highest BCUT2D eigenvalue weighted by Gasteiger charge is 2.13. The van der Waals surface area contributed by atoms with Crippen LogP contribution in [0, 0.1) is 12.7 Å². The lowest BCUT2D eigenvalue weighted by Crippen LogP contribution is -2.30. The van der Waals surface area contributed by atoms with Gasteiger partial charge in [-0.2, -0.15) is 0 Å². The number of benzene rings is 1. The Bertz CT molecular complexity index is 597. The molecular formula is C15H16FNO2S. The van der Waals surface area contributed by atoms with Gasteiger partial charge in [-0.1, -0.05) is 12.1 Å². The number of thiophene rings is 1. The molecule has 0 bridgehead atoms. The molecule has 0 radical (unpaired) electrons. The number of halogens is 1. The Morgan fingerprint density at radius 1 is 1.30 bits per heavy atom. The van der Waals surface area contributed by atoms with E-state index >= 15 is 0 Å². The number of nitrogens with zero attached hydrogens (tertiary/aromatic N) is 1. The van der Waals surface area contributed by atoms with E-state index in [2.05, 4.69) is 0 Å². The number of hydrogen-bond donors (Lipinski definition) is 0. The third-order valence-electron chi connectivity index (χ3n) is 2.82. The molecule has 0 fully saturated rings. The van der Waals surface area contributed by atoms with Gasteiger partial charge in [0.1, 0.15) is 6.61 Å². The van der Waals surface area contributed by atoms with E-state index in [4.69, 9.17) is 4.74 Å². The molecule has 1 heterocycles. The first-order chi connectivity index (χ1) is 9.58. The number of carbonyl (C=O) groups is 1. The molecule has 0 aliphatic heterocycles. The van der Waals surface area contributed by atoms with Crippen molar-refractivity contribution in [2.45, 2.75) is 6.92 Å². The minimum absolute atomic E-state index is 0.0415. The fourth-order valence-electron chi connectivity index (χ4n) is 1.69. The number of likely N-dealkylation sites (N-methyl/N-ethyl adjacent to an activating group) is 1. The van der Waals surface area contributed by atoms with Gasteiger partial charge in [0.15, 0.2) is 11.6 Å². The van der Waals surface area contributed by atoms with Gasteiger partial charge in [0.25, 0.3) is 5.91 Å². The van der Waals surface area contributed by atoms with Crippen LogP contribution in [0.1, 0.15) is 14.5 Å². The molecule has 20 heavy (non-hydrogen) atoms. The summed E-state index contributed by atoms with van der Waals surface area (Å²) in [6.45, 7) is 2.63. The molecule has 3 nitrogen and oxygen atoms in total. The summed E-state index contributed by atoms with van der Waals surface area (Å²) in [6, 6.07) is 9.97. The maximum atomic E-state index is 13.3. The summed E-state index contributed by atoms with van der Waals surface area (Å²) < 4.78 is 18.7. The molecule has 0 saturated heterocycles. The fraction of sp³-hybridized carbons (Fsp3) is 0.267. The largest absolute Gasteiger partial charge is 0.489 e. The molecule has 106 valence electrons. The molecule has 0 aliphatic carbocycles. The minimum Gasteiger partial charge on any atom is -0.489 e. The summed E-state index contributed by atoms with van der Waals surface area (Å²) >= 11 is 1.46. The summed E-state index contributed by atoms with van der Waals surface area (Å²) in [5.74, 6) is -0.226. The quantitative estimate of drug-likeness (QED) is 0.846. The SMILES string of the molecule is Cc1ccc(C(=O)N(C)CCOc2ccccc2F)s1. The zero-order chi connectivity index (χ0) is 14.5. The van der Waals surface area contributed by atoms with Crippen molar-refractivity contribution in [1.82, 2.24) is 4.90 Å². The van der Waals surface area contributed by atoms with E-state index in [9.17, 15) is 9.18 Å². The van der Waals surface area contributed by atoms with E-state index in [1.54, 1.807) is 30.1 Å². The van der Waals surface area contributed by atoms with Gasteiger partial charge in [-0.3, -0.25) is 4.79 Å². The molecule has 1 aromatic heterocycles. The van der Waals surface area contributed by atoms with Crippen molar-refractivity contribution >= 4 is 17.2 Å². The van der Waals surface area contributed by atoms with E-state index in [-0.39, 0.29) is 18.3 Å². The van der Waals surface area contributed by atoms with Crippen molar-refractivity contribution in [1.29, 1.82) is 0 Å². The summed E-state index contributed by atoms with van der Waals surface area (Å²) in [6.07, 6.45) is 0. The van der Waals surface area contributed by atoms with E-state index in [1.807, 2.05) is 19.1 Å². The van der Waals surface area contributed by atoms with Crippen LogP contribution in [-0.2, 0) is 0 Å². The zero-order valence-electron chi connectivity index (χ0n) is 11.4. The van der Waals surface area contributed by atoms with Gasteiger partial charge in [0.05, 0.1) is 11.4 Å². The topological polar surface area (TPSA) is 29.5 Å². The average molecular weight is 293 g/mol. The van der Waals surface area contributed by atoms with Crippen LogP contribution < -0.4 is 4.74 Å². The maximum absolute atomic E-state index is 13.3. The number of ether oxygens (including phenoxy) is 1. The van der Waals surface area contributed by atoms with Crippen LogP contribution in [0.4, 0.5) is 4.39 Å². The lowest BCUT2D eigenvalue weighted by Gasteiger charge is -2.16. The zero-order valence-corrected chi connectivity index (χ0v) is 12.2. The third kappa shape index (κ3) is 3.57. The summed E-state index contributed by atoms with van der Waals surface area (Å²) in [4.78, 5) is 15.5. The average Bonchev–Trinajstić information content (AvgIpc) is 2.86. The fourth-order valence-corrected chi connectivity index (χ4v) is 2.56. The number of hydrogen-bond acceptors (Lipinski definition) is 3. The highest BCUT2D eigenvalue weighted by atomic mass is 32.1. The Kier molecular flexibility index (Phi) is 4.74. The van der Waals surface area contributed by atoms with Crippen molar-refractivity contribution < 1.29 is 13.9 Å². The smallest absolute Gasteiger partial charge is 0.263 e. The van der Waals surface area contributed by atoms with Gasteiger partial charge in [-0.25, -0.2) is 4.39 Å². The second kappa shape index (κ2) is 6.52. The van der Waals surface area contributed by atoms with Crippen molar-refractivity contribution in [3.63, 3.8) is 0 Å².